The molecule has 0 bridgehead atoms. The van der Waals surface area contributed by atoms with Crippen LogP contribution in [0.4, 0.5) is 0 Å². The fraction of sp³-hybridized carbons (Fsp3) is 0.364. The molecule has 4 rings (SSSR count). The number of ether oxygens (including phenoxy) is 2. The summed E-state index contributed by atoms with van der Waals surface area (Å²) in [4.78, 5) is 26.7. The van der Waals surface area contributed by atoms with Crippen LogP contribution in [0.2, 0.25) is 0 Å². The first-order valence-electron chi connectivity index (χ1n) is 9.38. The predicted molar refractivity (Wildman–Crippen MR) is 103 cm³/mol. The van der Waals surface area contributed by atoms with Gasteiger partial charge in [0.2, 0.25) is 0 Å². The SMILES string of the molecule is COc1ccc(-c2cccc(C(=O)N3C[C@@H]4CCOC[C@]4(C(=O)O)C3)c2)cc1. The number of carbonyl (C=O) groups excluding carboxylic acids is 1. The average Bonchev–Trinajstić information content (AvgIpc) is 3.14. The predicted octanol–water partition coefficient (Wildman–Crippen LogP) is 2.93. The van der Waals surface area contributed by atoms with Crippen molar-refractivity contribution in [2.45, 2.75) is 6.42 Å². The second-order valence-corrected chi connectivity index (χ2v) is 7.49. The lowest BCUT2D eigenvalue weighted by atomic mass is 9.76. The third kappa shape index (κ3) is 3.14. The van der Waals surface area contributed by atoms with Gasteiger partial charge in [-0.15, -0.1) is 0 Å². The van der Waals surface area contributed by atoms with E-state index in [0.29, 0.717) is 25.1 Å². The fourth-order valence-electron chi connectivity index (χ4n) is 4.24. The van der Waals surface area contributed by atoms with Crippen molar-refractivity contribution in [2.75, 3.05) is 33.4 Å². The summed E-state index contributed by atoms with van der Waals surface area (Å²) >= 11 is 0. The summed E-state index contributed by atoms with van der Waals surface area (Å²) in [6.07, 6.45) is 0.669. The summed E-state index contributed by atoms with van der Waals surface area (Å²) in [5.74, 6) is -0.297. The lowest BCUT2D eigenvalue weighted by Gasteiger charge is -2.33. The molecule has 6 nitrogen and oxygen atoms in total. The Morgan fingerprint density at radius 3 is 2.64 bits per heavy atom. The van der Waals surface area contributed by atoms with Gasteiger partial charge in [-0.25, -0.2) is 0 Å². The minimum atomic E-state index is -0.985. The number of nitrogens with zero attached hydrogens (tertiary/aromatic N) is 1. The summed E-state index contributed by atoms with van der Waals surface area (Å²) in [6, 6.07) is 15.1. The Morgan fingerprint density at radius 2 is 1.96 bits per heavy atom. The Kier molecular flexibility index (Phi) is 4.81. The molecule has 146 valence electrons. The number of hydrogen-bond acceptors (Lipinski definition) is 4. The number of carbonyl (C=O) groups is 2. The van der Waals surface area contributed by atoms with Gasteiger partial charge in [-0.1, -0.05) is 24.3 Å². The number of fused-ring (bicyclic) bond motifs is 1. The summed E-state index contributed by atoms with van der Waals surface area (Å²) in [5.41, 5.74) is 1.50. The molecule has 0 unspecified atom stereocenters. The molecule has 0 radical (unpaired) electrons. The van der Waals surface area contributed by atoms with Crippen LogP contribution in [0.25, 0.3) is 11.1 Å². The zero-order chi connectivity index (χ0) is 19.7. The van der Waals surface area contributed by atoms with Crippen molar-refractivity contribution in [1.82, 2.24) is 4.90 Å². The Labute approximate surface area is 163 Å². The van der Waals surface area contributed by atoms with E-state index in [9.17, 15) is 14.7 Å². The van der Waals surface area contributed by atoms with E-state index in [-0.39, 0.29) is 25.0 Å². The molecule has 2 heterocycles. The third-order valence-corrected chi connectivity index (χ3v) is 5.91. The molecule has 2 aliphatic heterocycles. The number of benzene rings is 2. The first-order chi connectivity index (χ1) is 13.5. The average molecular weight is 381 g/mol. The van der Waals surface area contributed by atoms with Crippen molar-refractivity contribution < 1.29 is 24.2 Å². The molecule has 2 saturated heterocycles. The Balaban J connectivity index is 1.58. The van der Waals surface area contributed by atoms with Crippen LogP contribution in [0.5, 0.6) is 5.75 Å². The van der Waals surface area contributed by atoms with Crippen molar-refractivity contribution in [3.8, 4) is 16.9 Å². The van der Waals surface area contributed by atoms with Crippen LogP contribution in [0.15, 0.2) is 48.5 Å². The molecular weight excluding hydrogens is 358 g/mol. The molecule has 0 saturated carbocycles. The van der Waals surface area contributed by atoms with E-state index in [1.807, 2.05) is 42.5 Å². The van der Waals surface area contributed by atoms with Gasteiger partial charge in [0.05, 0.1) is 13.7 Å². The monoisotopic (exact) mass is 381 g/mol. The molecule has 2 fully saturated rings. The number of likely N-dealkylation sites (tertiary alicyclic amines) is 1. The molecule has 0 aliphatic carbocycles. The quantitative estimate of drug-likeness (QED) is 0.881. The topological polar surface area (TPSA) is 76.1 Å². The molecule has 2 atom stereocenters. The molecule has 1 N–H and O–H groups in total. The number of hydrogen-bond donors (Lipinski definition) is 1. The number of carboxylic acid groups (broad SMARTS) is 1. The van der Waals surface area contributed by atoms with Crippen LogP contribution in [-0.4, -0.2) is 55.3 Å². The molecule has 1 amide bonds. The van der Waals surface area contributed by atoms with Gasteiger partial charge < -0.3 is 19.5 Å². The largest absolute Gasteiger partial charge is 0.497 e. The maximum atomic E-state index is 13.1. The van der Waals surface area contributed by atoms with Crippen molar-refractivity contribution >= 4 is 11.9 Å². The second kappa shape index (κ2) is 7.28. The zero-order valence-electron chi connectivity index (χ0n) is 15.8. The Bertz CT molecular complexity index is 894. The first kappa shape index (κ1) is 18.5. The van der Waals surface area contributed by atoms with Crippen LogP contribution in [0.3, 0.4) is 0 Å². The fourth-order valence-corrected chi connectivity index (χ4v) is 4.24. The van der Waals surface area contributed by atoms with E-state index < -0.39 is 11.4 Å². The number of carboxylic acids is 1. The summed E-state index contributed by atoms with van der Waals surface area (Å²) in [6.45, 7) is 1.37. The lowest BCUT2D eigenvalue weighted by Crippen LogP contribution is -2.46. The molecule has 2 aromatic carbocycles. The summed E-state index contributed by atoms with van der Waals surface area (Å²) < 4.78 is 10.6. The number of amides is 1. The van der Waals surface area contributed by atoms with Gasteiger partial charge in [-0.3, -0.25) is 9.59 Å². The van der Waals surface area contributed by atoms with Crippen molar-refractivity contribution in [2.24, 2.45) is 11.3 Å². The van der Waals surface area contributed by atoms with Crippen LogP contribution in [0, 0.1) is 11.3 Å². The van der Waals surface area contributed by atoms with Crippen LogP contribution in [-0.2, 0) is 9.53 Å². The van der Waals surface area contributed by atoms with Crippen molar-refractivity contribution in [1.29, 1.82) is 0 Å². The number of rotatable bonds is 4. The molecule has 6 heteroatoms. The highest BCUT2D eigenvalue weighted by Gasteiger charge is 2.55. The van der Waals surface area contributed by atoms with Crippen molar-refractivity contribution in [3.63, 3.8) is 0 Å². The minimum Gasteiger partial charge on any atom is -0.497 e. The smallest absolute Gasteiger partial charge is 0.314 e. The Hall–Kier alpha value is -2.86. The van der Waals surface area contributed by atoms with Gasteiger partial charge >= 0.3 is 5.97 Å². The number of aliphatic carboxylic acids is 1. The minimum absolute atomic E-state index is 0.0625. The third-order valence-electron chi connectivity index (χ3n) is 5.91. The maximum absolute atomic E-state index is 13.1. The highest BCUT2D eigenvalue weighted by atomic mass is 16.5. The van der Waals surface area contributed by atoms with E-state index in [0.717, 1.165) is 16.9 Å². The van der Waals surface area contributed by atoms with E-state index >= 15 is 0 Å². The zero-order valence-corrected chi connectivity index (χ0v) is 15.8. The van der Waals surface area contributed by atoms with Crippen LogP contribution < -0.4 is 4.74 Å². The molecule has 0 aromatic heterocycles. The second-order valence-electron chi connectivity index (χ2n) is 7.49. The lowest BCUT2D eigenvalue weighted by molar-refractivity contribution is -0.159. The van der Waals surface area contributed by atoms with E-state index in [1.54, 1.807) is 18.1 Å². The van der Waals surface area contributed by atoms with Gasteiger partial charge in [-0.05, 0) is 47.7 Å². The van der Waals surface area contributed by atoms with Gasteiger partial charge in [-0.2, -0.15) is 0 Å². The van der Waals surface area contributed by atoms with Gasteiger partial charge in [0, 0.05) is 25.3 Å². The van der Waals surface area contributed by atoms with Crippen LogP contribution in [0.1, 0.15) is 16.8 Å². The highest BCUT2D eigenvalue weighted by molar-refractivity contribution is 5.96. The number of methoxy groups -OCH3 is 1. The van der Waals surface area contributed by atoms with E-state index in [1.165, 1.54) is 0 Å². The Morgan fingerprint density at radius 1 is 1.18 bits per heavy atom. The first-order valence-corrected chi connectivity index (χ1v) is 9.38. The van der Waals surface area contributed by atoms with Crippen LogP contribution >= 0.6 is 0 Å². The van der Waals surface area contributed by atoms with Gasteiger partial charge in [0.25, 0.3) is 5.91 Å². The van der Waals surface area contributed by atoms with E-state index in [2.05, 4.69) is 0 Å². The molecule has 2 aromatic rings. The normalized spacial score (nSPS) is 23.9. The van der Waals surface area contributed by atoms with Gasteiger partial charge in [0.15, 0.2) is 0 Å². The van der Waals surface area contributed by atoms with Crippen molar-refractivity contribution in [3.05, 3.63) is 54.1 Å². The molecule has 0 spiro atoms. The highest BCUT2D eigenvalue weighted by Crippen LogP contribution is 2.42. The molecular formula is C22H23NO5. The summed E-state index contributed by atoms with van der Waals surface area (Å²) in [7, 11) is 1.62. The molecule has 2 aliphatic rings. The molecule has 28 heavy (non-hydrogen) atoms. The maximum Gasteiger partial charge on any atom is 0.314 e. The van der Waals surface area contributed by atoms with E-state index in [4.69, 9.17) is 9.47 Å². The standard InChI is InChI=1S/C22H23NO5/c1-27-19-7-5-15(6-8-19)16-3-2-4-17(11-16)20(24)23-12-18-9-10-28-14-22(18,13-23)21(25)26/h2-8,11,18H,9-10,12-14H2,1H3,(H,25,26)/t18-,22+/m0/s1. The summed E-state index contributed by atoms with van der Waals surface area (Å²) in [5, 5.41) is 9.78. The van der Waals surface area contributed by atoms with Gasteiger partial charge in [0.1, 0.15) is 11.2 Å².